The van der Waals surface area contributed by atoms with Crippen LogP contribution in [0, 0.1) is 0 Å². The van der Waals surface area contributed by atoms with Crippen LogP contribution in [0.25, 0.3) is 0 Å². The molecule has 2 aliphatic rings. The highest BCUT2D eigenvalue weighted by atomic mass is 32.2. The van der Waals surface area contributed by atoms with Gasteiger partial charge in [-0.3, -0.25) is 0 Å². The van der Waals surface area contributed by atoms with Gasteiger partial charge >= 0.3 is 0 Å². The largest absolute Gasteiger partial charge is 0.377 e. The molecule has 1 saturated heterocycles. The van der Waals surface area contributed by atoms with E-state index in [0.717, 1.165) is 25.8 Å². The Morgan fingerprint density at radius 2 is 1.81 bits per heavy atom. The molecule has 0 amide bonds. The minimum absolute atomic E-state index is 0.216. The van der Waals surface area contributed by atoms with Crippen molar-refractivity contribution in [3.8, 4) is 0 Å². The zero-order chi connectivity index (χ0) is 15.0. The SMILES string of the molecule is O=S(=O)(CCC1CCCCN1)NCCOC1CCCCC1. The van der Waals surface area contributed by atoms with Crippen molar-refractivity contribution >= 4 is 10.0 Å². The van der Waals surface area contributed by atoms with E-state index in [-0.39, 0.29) is 5.75 Å². The van der Waals surface area contributed by atoms with E-state index >= 15 is 0 Å². The van der Waals surface area contributed by atoms with E-state index in [4.69, 9.17) is 4.74 Å². The molecule has 0 aromatic carbocycles. The van der Waals surface area contributed by atoms with E-state index in [9.17, 15) is 8.42 Å². The van der Waals surface area contributed by atoms with Crippen LogP contribution < -0.4 is 10.0 Å². The summed E-state index contributed by atoms with van der Waals surface area (Å²) in [5.74, 6) is 0.216. The molecule has 2 rings (SSSR count). The van der Waals surface area contributed by atoms with Crippen LogP contribution in [0.3, 0.4) is 0 Å². The molecule has 0 bridgehead atoms. The first-order valence-electron chi connectivity index (χ1n) is 8.48. The van der Waals surface area contributed by atoms with Crippen LogP contribution in [0.15, 0.2) is 0 Å². The summed E-state index contributed by atoms with van der Waals surface area (Å²) in [5, 5.41) is 3.39. The van der Waals surface area contributed by atoms with E-state index in [1.165, 1.54) is 32.1 Å². The fourth-order valence-electron chi connectivity index (χ4n) is 3.19. The van der Waals surface area contributed by atoms with Crippen molar-refractivity contribution in [3.63, 3.8) is 0 Å². The topological polar surface area (TPSA) is 67.4 Å². The molecule has 0 spiro atoms. The third-order valence-electron chi connectivity index (χ3n) is 4.48. The van der Waals surface area contributed by atoms with Gasteiger partial charge in [0.15, 0.2) is 0 Å². The standard InChI is InChI=1S/C15H30N2O3S/c18-21(19,13-9-14-6-4-5-10-16-14)17-11-12-20-15-7-2-1-3-8-15/h14-17H,1-13H2. The lowest BCUT2D eigenvalue weighted by Crippen LogP contribution is -2.37. The number of hydrogen-bond acceptors (Lipinski definition) is 4. The molecule has 1 atom stereocenters. The summed E-state index contributed by atoms with van der Waals surface area (Å²) in [4.78, 5) is 0. The number of piperidine rings is 1. The molecule has 21 heavy (non-hydrogen) atoms. The first-order valence-corrected chi connectivity index (χ1v) is 10.1. The van der Waals surface area contributed by atoms with Gasteiger partial charge in [-0.1, -0.05) is 25.7 Å². The molecule has 0 aromatic heterocycles. The van der Waals surface area contributed by atoms with E-state index in [1.807, 2.05) is 0 Å². The summed E-state index contributed by atoms with van der Waals surface area (Å²) in [6.07, 6.45) is 10.6. The Hall–Kier alpha value is -0.170. The third kappa shape index (κ3) is 7.08. The molecule has 0 radical (unpaired) electrons. The Bertz CT molecular complexity index is 374. The minimum atomic E-state index is -3.15. The van der Waals surface area contributed by atoms with Gasteiger partial charge in [-0.2, -0.15) is 0 Å². The van der Waals surface area contributed by atoms with Crippen molar-refractivity contribution in [2.24, 2.45) is 0 Å². The van der Waals surface area contributed by atoms with Gasteiger partial charge in [0.1, 0.15) is 0 Å². The summed E-state index contributed by atoms with van der Waals surface area (Å²) >= 11 is 0. The monoisotopic (exact) mass is 318 g/mol. The second kappa shape index (κ2) is 9.08. The zero-order valence-corrected chi connectivity index (χ0v) is 13.8. The average molecular weight is 318 g/mol. The lowest BCUT2D eigenvalue weighted by molar-refractivity contribution is 0.0321. The highest BCUT2D eigenvalue weighted by Crippen LogP contribution is 2.19. The second-order valence-corrected chi connectivity index (χ2v) is 8.21. The van der Waals surface area contributed by atoms with Gasteiger partial charge in [-0.15, -0.1) is 0 Å². The summed E-state index contributed by atoms with van der Waals surface area (Å²) in [5.41, 5.74) is 0. The molecule has 1 saturated carbocycles. The molecule has 1 aliphatic carbocycles. The molecule has 5 nitrogen and oxygen atoms in total. The Balaban J connectivity index is 1.55. The molecule has 124 valence electrons. The number of sulfonamides is 1. The van der Waals surface area contributed by atoms with Crippen LogP contribution in [-0.2, 0) is 14.8 Å². The molecule has 1 unspecified atom stereocenters. The molecule has 2 N–H and O–H groups in total. The first-order chi connectivity index (χ1) is 10.2. The lowest BCUT2D eigenvalue weighted by atomic mass is 9.98. The summed E-state index contributed by atoms with van der Waals surface area (Å²) < 4.78 is 32.3. The van der Waals surface area contributed by atoms with Gasteiger partial charge in [0, 0.05) is 12.6 Å². The van der Waals surface area contributed by atoms with Gasteiger partial charge < -0.3 is 10.1 Å². The van der Waals surface area contributed by atoms with Crippen LogP contribution in [0.5, 0.6) is 0 Å². The minimum Gasteiger partial charge on any atom is -0.377 e. The lowest BCUT2D eigenvalue weighted by Gasteiger charge is -2.23. The molecule has 1 aliphatic heterocycles. The molecule has 0 aromatic rings. The van der Waals surface area contributed by atoms with E-state index < -0.39 is 10.0 Å². The molecule has 2 fully saturated rings. The quantitative estimate of drug-likeness (QED) is 0.670. The van der Waals surface area contributed by atoms with Crippen molar-refractivity contribution in [3.05, 3.63) is 0 Å². The second-order valence-electron chi connectivity index (χ2n) is 6.28. The van der Waals surface area contributed by atoms with Gasteiger partial charge in [0.2, 0.25) is 10.0 Å². The first kappa shape index (κ1) is 17.2. The summed E-state index contributed by atoms with van der Waals surface area (Å²) in [6.45, 7) is 1.91. The van der Waals surface area contributed by atoms with Crippen LogP contribution in [0.4, 0.5) is 0 Å². The normalized spacial score (nSPS) is 25.0. The van der Waals surface area contributed by atoms with Crippen LogP contribution in [-0.4, -0.2) is 46.0 Å². The van der Waals surface area contributed by atoms with E-state index in [1.54, 1.807) is 0 Å². The molecular weight excluding hydrogens is 288 g/mol. The highest BCUT2D eigenvalue weighted by molar-refractivity contribution is 7.89. The Morgan fingerprint density at radius 1 is 1.05 bits per heavy atom. The molecular formula is C15H30N2O3S. The van der Waals surface area contributed by atoms with Gasteiger partial charge in [-0.25, -0.2) is 13.1 Å². The Kier molecular flexibility index (Phi) is 7.43. The third-order valence-corrected chi connectivity index (χ3v) is 5.89. The predicted molar refractivity (Wildman–Crippen MR) is 84.9 cm³/mol. The van der Waals surface area contributed by atoms with Crippen molar-refractivity contribution in [1.82, 2.24) is 10.0 Å². The summed E-state index contributed by atoms with van der Waals surface area (Å²) in [6, 6.07) is 0.369. The molecule has 6 heteroatoms. The van der Waals surface area contributed by atoms with Crippen LogP contribution in [0.1, 0.15) is 57.8 Å². The van der Waals surface area contributed by atoms with Gasteiger partial charge in [0.05, 0.1) is 18.5 Å². The number of nitrogens with one attached hydrogen (secondary N) is 2. The molecule has 1 heterocycles. The maximum absolute atomic E-state index is 11.9. The fourth-order valence-corrected chi connectivity index (χ4v) is 4.33. The van der Waals surface area contributed by atoms with Gasteiger partial charge in [-0.05, 0) is 38.6 Å². The maximum Gasteiger partial charge on any atom is 0.211 e. The average Bonchev–Trinajstić information content (AvgIpc) is 2.52. The maximum atomic E-state index is 11.9. The predicted octanol–water partition coefficient (Wildman–Crippen LogP) is 1.79. The number of ether oxygens (including phenoxy) is 1. The fraction of sp³-hybridized carbons (Fsp3) is 1.00. The van der Waals surface area contributed by atoms with Crippen LogP contribution >= 0.6 is 0 Å². The van der Waals surface area contributed by atoms with Crippen molar-refractivity contribution in [1.29, 1.82) is 0 Å². The van der Waals surface area contributed by atoms with Crippen molar-refractivity contribution < 1.29 is 13.2 Å². The highest BCUT2D eigenvalue weighted by Gasteiger charge is 2.17. The van der Waals surface area contributed by atoms with Crippen LogP contribution in [0.2, 0.25) is 0 Å². The smallest absolute Gasteiger partial charge is 0.211 e. The number of hydrogen-bond donors (Lipinski definition) is 2. The Labute approximate surface area is 129 Å². The van der Waals surface area contributed by atoms with E-state index in [0.29, 0.717) is 31.7 Å². The van der Waals surface area contributed by atoms with Gasteiger partial charge in [0.25, 0.3) is 0 Å². The van der Waals surface area contributed by atoms with Crippen molar-refractivity contribution in [2.75, 3.05) is 25.4 Å². The van der Waals surface area contributed by atoms with E-state index in [2.05, 4.69) is 10.0 Å². The zero-order valence-electron chi connectivity index (χ0n) is 13.0. The summed E-state index contributed by atoms with van der Waals surface area (Å²) in [7, 11) is -3.15. The number of rotatable bonds is 8. The Morgan fingerprint density at radius 3 is 2.52 bits per heavy atom. The van der Waals surface area contributed by atoms with Crippen molar-refractivity contribution in [2.45, 2.75) is 69.9 Å².